The summed E-state index contributed by atoms with van der Waals surface area (Å²) in [5.74, 6) is -2.06. The number of nitrogens with zero attached hydrogens (tertiary/aromatic N) is 5. The second-order valence-electron chi connectivity index (χ2n) is 7.16. The number of amidine groups is 1. The highest BCUT2D eigenvalue weighted by molar-refractivity contribution is 14.1. The summed E-state index contributed by atoms with van der Waals surface area (Å²) in [5.41, 5.74) is 4.37. The number of carboxylic acid groups (broad SMARTS) is 1. The Bertz CT molecular complexity index is 1190. The van der Waals surface area contributed by atoms with Gasteiger partial charge in [-0.25, -0.2) is 10.2 Å². The van der Waals surface area contributed by atoms with Crippen LogP contribution in [0.4, 0.5) is 5.69 Å². The Balaban J connectivity index is 1.54. The number of hydrazone groups is 2. The zero-order chi connectivity index (χ0) is 22.8. The van der Waals surface area contributed by atoms with E-state index in [1.165, 1.54) is 17.1 Å². The van der Waals surface area contributed by atoms with Crippen LogP contribution in [0.15, 0.2) is 69.0 Å². The Hall–Kier alpha value is -3.48. The molecule has 2 atom stereocenters. The average molecular weight is 544 g/mol. The molecular formula is C21H17IN6O4. The molecule has 10 nitrogen and oxygen atoms in total. The lowest BCUT2D eigenvalue weighted by Gasteiger charge is -2.18. The van der Waals surface area contributed by atoms with E-state index in [9.17, 15) is 19.5 Å². The SMILES string of the molecule is CC1C(=O)C(N=NC2C(=O)NN=C2Cc2ccc(I)cc2)=NN1c1cccc(C(=O)O)c1. The molecule has 0 fully saturated rings. The maximum atomic E-state index is 12.6. The second-order valence-corrected chi connectivity index (χ2v) is 8.41. The van der Waals surface area contributed by atoms with Crippen molar-refractivity contribution in [3.05, 3.63) is 63.2 Å². The third-order valence-corrected chi connectivity index (χ3v) is 5.69. The number of Topliss-reactive ketones (excluding diaryl/α,β-unsaturated/α-hetero) is 1. The molecule has 2 unspecified atom stereocenters. The van der Waals surface area contributed by atoms with Gasteiger partial charge in [0.05, 0.1) is 17.0 Å². The van der Waals surface area contributed by atoms with Crippen LogP contribution in [0.2, 0.25) is 0 Å². The first kappa shape index (κ1) is 21.7. The predicted octanol–water partition coefficient (Wildman–Crippen LogP) is 2.63. The summed E-state index contributed by atoms with van der Waals surface area (Å²) in [5, 5.41) is 26.8. The predicted molar refractivity (Wildman–Crippen MR) is 125 cm³/mol. The Labute approximate surface area is 196 Å². The molecule has 1 amide bonds. The van der Waals surface area contributed by atoms with E-state index in [0.29, 0.717) is 17.8 Å². The van der Waals surface area contributed by atoms with Crippen LogP contribution in [0.3, 0.4) is 0 Å². The molecule has 162 valence electrons. The van der Waals surface area contributed by atoms with Crippen molar-refractivity contribution >= 4 is 57.5 Å². The van der Waals surface area contributed by atoms with Crippen LogP contribution in [0, 0.1) is 3.57 Å². The number of aromatic carboxylic acids is 1. The molecule has 0 saturated heterocycles. The summed E-state index contributed by atoms with van der Waals surface area (Å²) in [6.45, 7) is 1.63. The van der Waals surface area contributed by atoms with Crippen molar-refractivity contribution < 1.29 is 19.5 Å². The fourth-order valence-electron chi connectivity index (χ4n) is 3.25. The molecule has 0 spiro atoms. The normalized spacial score (nSPS) is 20.5. The Morgan fingerprint density at radius 2 is 1.97 bits per heavy atom. The molecule has 2 aromatic rings. The summed E-state index contributed by atoms with van der Waals surface area (Å²) >= 11 is 2.21. The van der Waals surface area contributed by atoms with Gasteiger partial charge in [0, 0.05) is 9.99 Å². The number of amides is 1. The molecule has 0 aliphatic carbocycles. The molecular weight excluding hydrogens is 527 g/mol. The summed E-state index contributed by atoms with van der Waals surface area (Å²) in [6, 6.07) is 12.2. The molecule has 2 aliphatic rings. The third-order valence-electron chi connectivity index (χ3n) is 4.97. The van der Waals surface area contributed by atoms with Crippen LogP contribution >= 0.6 is 22.6 Å². The van der Waals surface area contributed by atoms with Crippen molar-refractivity contribution in [3.63, 3.8) is 0 Å². The highest BCUT2D eigenvalue weighted by Crippen LogP contribution is 2.24. The van der Waals surface area contributed by atoms with Gasteiger partial charge in [-0.2, -0.15) is 10.2 Å². The number of nitrogens with one attached hydrogen (secondary N) is 1. The van der Waals surface area contributed by atoms with Gasteiger partial charge in [0.1, 0.15) is 6.04 Å². The van der Waals surface area contributed by atoms with Crippen molar-refractivity contribution in [2.75, 3.05) is 5.01 Å². The van der Waals surface area contributed by atoms with Gasteiger partial charge in [-0.3, -0.25) is 14.6 Å². The molecule has 32 heavy (non-hydrogen) atoms. The maximum Gasteiger partial charge on any atom is 0.335 e. The first-order valence-electron chi connectivity index (χ1n) is 9.60. The van der Waals surface area contributed by atoms with E-state index in [-0.39, 0.29) is 17.2 Å². The van der Waals surface area contributed by atoms with Gasteiger partial charge in [-0.1, -0.05) is 18.2 Å². The quantitative estimate of drug-likeness (QED) is 0.441. The number of ketones is 1. The van der Waals surface area contributed by atoms with Crippen molar-refractivity contribution in [1.29, 1.82) is 0 Å². The number of hydrogen-bond donors (Lipinski definition) is 2. The number of azo groups is 1. The van der Waals surface area contributed by atoms with E-state index in [1.807, 2.05) is 24.3 Å². The van der Waals surface area contributed by atoms with E-state index in [4.69, 9.17) is 0 Å². The number of halogens is 1. The van der Waals surface area contributed by atoms with Gasteiger partial charge in [0.2, 0.25) is 11.6 Å². The number of carboxylic acids is 1. The summed E-state index contributed by atoms with van der Waals surface area (Å²) in [4.78, 5) is 36.1. The first-order chi connectivity index (χ1) is 15.3. The van der Waals surface area contributed by atoms with Gasteiger partial charge >= 0.3 is 5.97 Å². The number of benzene rings is 2. The smallest absolute Gasteiger partial charge is 0.335 e. The van der Waals surface area contributed by atoms with Crippen molar-refractivity contribution in [1.82, 2.24) is 5.43 Å². The molecule has 0 radical (unpaired) electrons. The molecule has 2 aliphatic heterocycles. The van der Waals surface area contributed by atoms with Gasteiger partial charge < -0.3 is 5.11 Å². The largest absolute Gasteiger partial charge is 0.478 e. The summed E-state index contributed by atoms with van der Waals surface area (Å²) in [7, 11) is 0. The first-order valence-corrected chi connectivity index (χ1v) is 10.7. The minimum atomic E-state index is -1.08. The molecule has 11 heteroatoms. The number of rotatable bonds is 5. The van der Waals surface area contributed by atoms with Crippen molar-refractivity contribution in [2.24, 2.45) is 20.4 Å². The Kier molecular flexibility index (Phi) is 6.08. The topological polar surface area (TPSA) is 136 Å². The number of carbonyl (C=O) groups is 3. The Morgan fingerprint density at radius 3 is 2.69 bits per heavy atom. The Morgan fingerprint density at radius 1 is 1.22 bits per heavy atom. The molecule has 0 bridgehead atoms. The molecule has 0 saturated carbocycles. The zero-order valence-electron chi connectivity index (χ0n) is 16.8. The minimum absolute atomic E-state index is 0.0755. The van der Waals surface area contributed by atoms with Crippen LogP contribution in [-0.2, 0) is 16.0 Å². The van der Waals surface area contributed by atoms with E-state index in [2.05, 4.69) is 48.4 Å². The fourth-order valence-corrected chi connectivity index (χ4v) is 3.61. The number of hydrogen-bond acceptors (Lipinski definition) is 8. The standard InChI is InChI=1S/C21H17IN6O4/c1-11-18(29)19(27-28(11)15-4-2-3-13(10-15)21(31)32)25-24-17-16(23-26-20(17)30)9-12-5-7-14(22)8-6-12/h2-8,10-11,17H,9H2,1H3,(H,26,30)(H,31,32). The van der Waals surface area contributed by atoms with Crippen LogP contribution in [0.5, 0.6) is 0 Å². The maximum absolute atomic E-state index is 12.6. The highest BCUT2D eigenvalue weighted by Gasteiger charge is 2.35. The van der Waals surface area contributed by atoms with E-state index in [0.717, 1.165) is 9.13 Å². The molecule has 2 heterocycles. The van der Waals surface area contributed by atoms with Crippen LogP contribution in [-0.4, -0.2) is 46.4 Å². The second kappa shape index (κ2) is 8.94. The average Bonchev–Trinajstić information content (AvgIpc) is 3.27. The van der Waals surface area contributed by atoms with E-state index >= 15 is 0 Å². The zero-order valence-corrected chi connectivity index (χ0v) is 18.9. The number of carbonyl (C=O) groups excluding carboxylic acids is 2. The molecule has 4 rings (SSSR count). The van der Waals surface area contributed by atoms with Gasteiger partial charge in [0.25, 0.3) is 5.91 Å². The lowest BCUT2D eigenvalue weighted by atomic mass is 10.0. The minimum Gasteiger partial charge on any atom is -0.478 e. The molecule has 0 aromatic heterocycles. The van der Waals surface area contributed by atoms with E-state index in [1.54, 1.807) is 19.1 Å². The van der Waals surface area contributed by atoms with Gasteiger partial charge in [-0.15, -0.1) is 10.2 Å². The lowest BCUT2D eigenvalue weighted by molar-refractivity contribution is -0.120. The number of anilines is 1. The van der Waals surface area contributed by atoms with Gasteiger partial charge in [-0.05, 0) is 65.4 Å². The molecule has 2 aromatic carbocycles. The highest BCUT2D eigenvalue weighted by atomic mass is 127. The summed E-state index contributed by atoms with van der Waals surface area (Å²) < 4.78 is 1.09. The third kappa shape index (κ3) is 4.42. The van der Waals surface area contributed by atoms with Crippen molar-refractivity contribution in [2.45, 2.75) is 25.4 Å². The van der Waals surface area contributed by atoms with Gasteiger partial charge in [0.15, 0.2) is 6.04 Å². The summed E-state index contributed by atoms with van der Waals surface area (Å²) in [6.07, 6.45) is 0.407. The van der Waals surface area contributed by atoms with Crippen LogP contribution < -0.4 is 10.4 Å². The van der Waals surface area contributed by atoms with Crippen LogP contribution in [0.25, 0.3) is 0 Å². The molecule has 2 N–H and O–H groups in total. The monoisotopic (exact) mass is 544 g/mol. The van der Waals surface area contributed by atoms with Crippen molar-refractivity contribution in [3.8, 4) is 0 Å². The fraction of sp³-hybridized carbons (Fsp3) is 0.190. The van der Waals surface area contributed by atoms with E-state index < -0.39 is 24.0 Å². The van der Waals surface area contributed by atoms with Crippen LogP contribution in [0.1, 0.15) is 22.8 Å². The lowest BCUT2D eigenvalue weighted by Crippen LogP contribution is -2.30.